The number of hydrogen-bond acceptors (Lipinski definition) is 4. The second kappa shape index (κ2) is 6.18. The summed E-state index contributed by atoms with van der Waals surface area (Å²) in [5, 5.41) is 2.68. The first-order chi connectivity index (χ1) is 10.6. The van der Waals surface area contributed by atoms with Crippen LogP contribution < -0.4 is 10.6 Å². The van der Waals surface area contributed by atoms with E-state index in [0.717, 1.165) is 30.1 Å². The highest BCUT2D eigenvalue weighted by Gasteiger charge is 2.27. The molecule has 1 unspecified atom stereocenters. The van der Waals surface area contributed by atoms with Gasteiger partial charge in [0.05, 0.1) is 6.04 Å². The normalized spacial score (nSPS) is 15.2. The van der Waals surface area contributed by atoms with E-state index in [9.17, 15) is 4.79 Å². The standard InChI is InChI=1S/C17H21N3OS/c1-11(2)9-13(18)16-19-14(10-22-16)17(21)20-8-7-12-5-3-4-6-15(12)20/h3-6,10-11,13H,7-9,18H2,1-2H3. The molecule has 1 atom stereocenters. The Morgan fingerprint density at radius 3 is 2.95 bits per heavy atom. The molecule has 5 heteroatoms. The lowest BCUT2D eigenvalue weighted by atomic mass is 10.1. The molecular weight excluding hydrogens is 294 g/mol. The van der Waals surface area contributed by atoms with Crippen LogP contribution in [0.25, 0.3) is 0 Å². The lowest BCUT2D eigenvalue weighted by Gasteiger charge is -2.16. The summed E-state index contributed by atoms with van der Waals surface area (Å²) < 4.78 is 0. The van der Waals surface area contributed by atoms with Crippen molar-refractivity contribution >= 4 is 22.9 Å². The first kappa shape index (κ1) is 15.2. The average molecular weight is 315 g/mol. The van der Waals surface area contributed by atoms with Crippen molar-refractivity contribution in [2.24, 2.45) is 11.7 Å². The predicted molar refractivity (Wildman–Crippen MR) is 90.3 cm³/mol. The topological polar surface area (TPSA) is 59.2 Å². The number of nitrogens with zero attached hydrogens (tertiary/aromatic N) is 2. The largest absolute Gasteiger partial charge is 0.322 e. The molecule has 22 heavy (non-hydrogen) atoms. The summed E-state index contributed by atoms with van der Waals surface area (Å²) in [4.78, 5) is 19.0. The number of fused-ring (bicyclic) bond motifs is 1. The third-order valence-corrected chi connectivity index (χ3v) is 4.89. The highest BCUT2D eigenvalue weighted by atomic mass is 32.1. The Labute approximate surface area is 135 Å². The Bertz CT molecular complexity index is 680. The van der Waals surface area contributed by atoms with E-state index in [1.165, 1.54) is 16.9 Å². The smallest absolute Gasteiger partial charge is 0.277 e. The van der Waals surface area contributed by atoms with Gasteiger partial charge in [0.1, 0.15) is 10.7 Å². The third kappa shape index (κ3) is 2.91. The Balaban J connectivity index is 1.78. The fourth-order valence-corrected chi connectivity index (χ4v) is 3.66. The Morgan fingerprint density at radius 1 is 1.41 bits per heavy atom. The first-order valence-corrected chi connectivity index (χ1v) is 8.55. The molecule has 116 valence electrons. The lowest BCUT2D eigenvalue weighted by molar-refractivity contribution is 0.0985. The number of rotatable bonds is 4. The van der Waals surface area contributed by atoms with Crippen LogP contribution in [0.15, 0.2) is 29.6 Å². The summed E-state index contributed by atoms with van der Waals surface area (Å²) in [5.74, 6) is 0.493. The van der Waals surface area contributed by atoms with Crippen LogP contribution in [0.5, 0.6) is 0 Å². The second-order valence-electron chi connectivity index (χ2n) is 6.14. The van der Waals surface area contributed by atoms with E-state index in [2.05, 4.69) is 24.9 Å². The maximum atomic E-state index is 12.7. The summed E-state index contributed by atoms with van der Waals surface area (Å²) in [6.07, 6.45) is 1.79. The minimum Gasteiger partial charge on any atom is -0.322 e. The van der Waals surface area contributed by atoms with Gasteiger partial charge in [-0.15, -0.1) is 11.3 Å². The van der Waals surface area contributed by atoms with Crippen LogP contribution in [0.2, 0.25) is 0 Å². The van der Waals surface area contributed by atoms with Crippen molar-refractivity contribution < 1.29 is 4.79 Å². The number of benzene rings is 1. The molecule has 0 bridgehead atoms. The zero-order valence-corrected chi connectivity index (χ0v) is 13.8. The molecule has 2 aromatic rings. The summed E-state index contributed by atoms with van der Waals surface area (Å²) >= 11 is 1.48. The molecule has 2 heterocycles. The van der Waals surface area contributed by atoms with Gasteiger partial charge < -0.3 is 10.6 Å². The van der Waals surface area contributed by atoms with Gasteiger partial charge in [-0.2, -0.15) is 0 Å². The van der Waals surface area contributed by atoms with Crippen molar-refractivity contribution in [1.29, 1.82) is 0 Å². The number of anilines is 1. The quantitative estimate of drug-likeness (QED) is 0.941. The minimum absolute atomic E-state index is 0.0239. The van der Waals surface area contributed by atoms with E-state index in [1.54, 1.807) is 0 Å². The van der Waals surface area contributed by atoms with Crippen molar-refractivity contribution in [3.8, 4) is 0 Å². The van der Waals surface area contributed by atoms with E-state index in [1.807, 2.05) is 28.5 Å². The third-order valence-electron chi connectivity index (χ3n) is 3.92. The minimum atomic E-state index is -0.0857. The number of hydrogen-bond donors (Lipinski definition) is 1. The van der Waals surface area contributed by atoms with Gasteiger partial charge in [0, 0.05) is 17.6 Å². The van der Waals surface area contributed by atoms with Crippen molar-refractivity contribution in [3.05, 3.63) is 45.9 Å². The molecule has 0 radical (unpaired) electrons. The number of amides is 1. The Morgan fingerprint density at radius 2 is 2.18 bits per heavy atom. The average Bonchev–Trinajstić information content (AvgIpc) is 3.13. The van der Waals surface area contributed by atoms with Gasteiger partial charge in [0.2, 0.25) is 0 Å². The maximum absolute atomic E-state index is 12.7. The molecule has 3 rings (SSSR count). The van der Waals surface area contributed by atoms with Gasteiger partial charge in [0.25, 0.3) is 5.91 Å². The van der Waals surface area contributed by atoms with E-state index >= 15 is 0 Å². The maximum Gasteiger partial charge on any atom is 0.277 e. The Hall–Kier alpha value is -1.72. The zero-order chi connectivity index (χ0) is 15.7. The van der Waals surface area contributed by atoms with Gasteiger partial charge in [0.15, 0.2) is 0 Å². The number of aromatic nitrogens is 1. The molecular formula is C17H21N3OS. The molecule has 1 aromatic heterocycles. The molecule has 0 aliphatic carbocycles. The molecule has 0 saturated heterocycles. The summed E-state index contributed by atoms with van der Waals surface area (Å²) in [7, 11) is 0. The fraction of sp³-hybridized carbons (Fsp3) is 0.412. The van der Waals surface area contributed by atoms with Crippen LogP contribution in [0, 0.1) is 5.92 Å². The van der Waals surface area contributed by atoms with E-state index in [0.29, 0.717) is 11.6 Å². The van der Waals surface area contributed by atoms with E-state index in [-0.39, 0.29) is 11.9 Å². The summed E-state index contributed by atoms with van der Waals surface area (Å²) in [6, 6.07) is 7.97. The molecule has 1 aliphatic heterocycles. The van der Waals surface area contributed by atoms with E-state index < -0.39 is 0 Å². The van der Waals surface area contributed by atoms with Gasteiger partial charge in [-0.1, -0.05) is 32.0 Å². The van der Waals surface area contributed by atoms with Crippen molar-refractivity contribution in [2.45, 2.75) is 32.7 Å². The zero-order valence-electron chi connectivity index (χ0n) is 13.0. The van der Waals surface area contributed by atoms with Crippen LogP contribution >= 0.6 is 11.3 Å². The van der Waals surface area contributed by atoms with Crippen LogP contribution in [-0.2, 0) is 6.42 Å². The van der Waals surface area contributed by atoms with Crippen LogP contribution in [-0.4, -0.2) is 17.4 Å². The molecule has 2 N–H and O–H groups in total. The first-order valence-electron chi connectivity index (χ1n) is 7.67. The SMILES string of the molecule is CC(C)CC(N)c1nc(C(=O)N2CCc3ccccc32)cs1. The van der Waals surface area contributed by atoms with Gasteiger partial charge in [-0.25, -0.2) is 4.98 Å². The monoisotopic (exact) mass is 315 g/mol. The van der Waals surface area contributed by atoms with Crippen LogP contribution in [0.3, 0.4) is 0 Å². The van der Waals surface area contributed by atoms with Gasteiger partial charge >= 0.3 is 0 Å². The highest BCUT2D eigenvalue weighted by Crippen LogP contribution is 2.30. The molecule has 1 aromatic carbocycles. The highest BCUT2D eigenvalue weighted by molar-refractivity contribution is 7.09. The molecule has 1 aliphatic rings. The Kier molecular flexibility index (Phi) is 4.27. The van der Waals surface area contributed by atoms with Crippen molar-refractivity contribution in [2.75, 3.05) is 11.4 Å². The second-order valence-corrected chi connectivity index (χ2v) is 7.03. The van der Waals surface area contributed by atoms with E-state index in [4.69, 9.17) is 5.73 Å². The number of nitrogens with two attached hydrogens (primary N) is 1. The van der Waals surface area contributed by atoms with Crippen LogP contribution in [0.1, 0.15) is 47.4 Å². The fourth-order valence-electron chi connectivity index (χ4n) is 2.85. The summed E-state index contributed by atoms with van der Waals surface area (Å²) in [5.41, 5.74) is 8.91. The number of para-hydroxylation sites is 1. The van der Waals surface area contributed by atoms with Gasteiger partial charge in [-0.3, -0.25) is 4.79 Å². The van der Waals surface area contributed by atoms with Crippen molar-refractivity contribution in [3.63, 3.8) is 0 Å². The number of carbonyl (C=O) groups excluding carboxylic acids is 1. The predicted octanol–water partition coefficient (Wildman–Crippen LogP) is 3.39. The molecule has 0 spiro atoms. The molecule has 0 saturated carbocycles. The summed E-state index contributed by atoms with van der Waals surface area (Å²) in [6.45, 7) is 5.00. The van der Waals surface area contributed by atoms with Crippen molar-refractivity contribution in [1.82, 2.24) is 4.98 Å². The number of carbonyl (C=O) groups is 1. The molecule has 1 amide bonds. The number of thiazole rings is 1. The molecule has 0 fully saturated rings. The molecule has 4 nitrogen and oxygen atoms in total. The van der Waals surface area contributed by atoms with Crippen LogP contribution in [0.4, 0.5) is 5.69 Å². The van der Waals surface area contributed by atoms with Gasteiger partial charge in [-0.05, 0) is 30.4 Å². The lowest BCUT2D eigenvalue weighted by Crippen LogP contribution is -2.29.